The van der Waals surface area contributed by atoms with Crippen LogP contribution < -0.4 is 0 Å². The van der Waals surface area contributed by atoms with Crippen LogP contribution in [0, 0.1) is 0 Å². The summed E-state index contributed by atoms with van der Waals surface area (Å²) in [5.41, 5.74) is 30.9. The van der Waals surface area contributed by atoms with Gasteiger partial charge in [-0.2, -0.15) is 0 Å². The molecule has 0 fully saturated rings. The minimum absolute atomic E-state index is 1.14. The molecule has 20 aromatic carbocycles. The molecule has 568 valence electrons. The molecule has 26 rings (SSSR count). The summed E-state index contributed by atoms with van der Waals surface area (Å²) in [6.07, 6.45) is 0. The van der Waals surface area contributed by atoms with Gasteiger partial charge in [-0.05, 0) is 236 Å². The van der Waals surface area contributed by atoms with E-state index in [9.17, 15) is 0 Å². The Hall–Kier alpha value is -16.3. The van der Waals surface area contributed by atoms with Gasteiger partial charge in [-0.1, -0.05) is 279 Å². The topological polar surface area (TPSA) is 29.6 Å². The van der Waals surface area contributed by atoms with Crippen molar-refractivity contribution in [2.24, 2.45) is 0 Å². The summed E-state index contributed by atoms with van der Waals surface area (Å²) in [6.45, 7) is 0. The van der Waals surface area contributed by atoms with Gasteiger partial charge in [-0.25, -0.2) is 0 Å². The first kappa shape index (κ1) is 68.9. The number of hydrogen-bond donors (Lipinski definition) is 0. The lowest BCUT2D eigenvalue weighted by atomic mass is 10.00. The van der Waals surface area contributed by atoms with Crippen molar-refractivity contribution >= 4 is 152 Å². The quantitative estimate of drug-likeness (QED) is 0.131. The van der Waals surface area contributed by atoms with Crippen LogP contribution in [0.2, 0.25) is 0 Å². The third kappa shape index (κ3) is 11.0. The molecule has 6 heteroatoms. The molecule has 0 bridgehead atoms. The van der Waals surface area contributed by atoms with Gasteiger partial charge in [0.15, 0.2) is 0 Å². The first-order valence-electron chi connectivity index (χ1n) is 42.0. The van der Waals surface area contributed by atoms with E-state index in [2.05, 4.69) is 476 Å². The molecule has 0 aliphatic carbocycles. The first-order chi connectivity index (χ1) is 60.5. The fourth-order valence-electron chi connectivity index (χ4n) is 20.0. The number of fused-ring (bicyclic) bond motifs is 20. The lowest BCUT2D eigenvalue weighted by Crippen LogP contribution is -1.96. The number of aromatic nitrogens is 6. The van der Waals surface area contributed by atoms with Crippen LogP contribution in [0.1, 0.15) is 0 Å². The highest BCUT2D eigenvalue weighted by molar-refractivity contribution is 6.22. The molecule has 0 aliphatic heterocycles. The van der Waals surface area contributed by atoms with Crippen LogP contribution in [0.3, 0.4) is 0 Å². The van der Waals surface area contributed by atoms with Gasteiger partial charge < -0.3 is 27.4 Å². The zero-order valence-electron chi connectivity index (χ0n) is 66.4. The molecule has 0 amide bonds. The summed E-state index contributed by atoms with van der Waals surface area (Å²) in [6, 6.07) is 165. The summed E-state index contributed by atoms with van der Waals surface area (Å²) in [4.78, 5) is 0. The summed E-state index contributed by atoms with van der Waals surface area (Å²) >= 11 is 0. The van der Waals surface area contributed by atoms with Crippen LogP contribution in [0.25, 0.3) is 231 Å². The van der Waals surface area contributed by atoms with Crippen molar-refractivity contribution in [2.75, 3.05) is 0 Å². The number of hydrogen-bond acceptors (Lipinski definition) is 0. The van der Waals surface area contributed by atoms with Gasteiger partial charge in [0, 0.05) is 98.8 Å². The normalized spacial score (nSPS) is 11.9. The Morgan fingerprint density at radius 3 is 0.721 bits per heavy atom. The molecule has 0 radical (unpaired) electrons. The monoisotopic (exact) mass is 1550 g/mol. The summed E-state index contributed by atoms with van der Waals surface area (Å²) in [5, 5.41) is 19.9. The van der Waals surface area contributed by atoms with E-state index in [1.165, 1.54) is 208 Å². The predicted octanol–water partition coefficient (Wildman–Crippen LogP) is 30.9. The second-order valence-corrected chi connectivity index (χ2v) is 32.3. The Labute approximate surface area is 702 Å². The van der Waals surface area contributed by atoms with E-state index in [0.717, 1.165) is 22.7 Å². The molecule has 6 nitrogen and oxygen atoms in total. The van der Waals surface area contributed by atoms with Gasteiger partial charge in [0.05, 0.1) is 66.2 Å². The van der Waals surface area contributed by atoms with Crippen LogP contribution in [0.4, 0.5) is 0 Å². The highest BCUT2D eigenvalue weighted by Gasteiger charge is 2.25. The fourth-order valence-corrected chi connectivity index (χ4v) is 20.0. The number of benzene rings is 20. The maximum atomic E-state index is 2.47. The molecule has 6 aromatic heterocycles. The smallest absolute Gasteiger partial charge is 0.0562 e. The fraction of sp³-hybridized carbons (Fsp3) is 0. The molecule has 0 saturated carbocycles. The lowest BCUT2D eigenvalue weighted by molar-refractivity contribution is 1.16. The highest BCUT2D eigenvalue weighted by Crippen LogP contribution is 2.47. The molecule has 0 atom stereocenters. The van der Waals surface area contributed by atoms with E-state index in [1.807, 2.05) is 0 Å². The third-order valence-electron chi connectivity index (χ3n) is 25.6. The van der Waals surface area contributed by atoms with Gasteiger partial charge in [0.2, 0.25) is 0 Å². The van der Waals surface area contributed by atoms with Gasteiger partial charge in [0.25, 0.3) is 0 Å². The van der Waals surface area contributed by atoms with Gasteiger partial charge in [-0.15, -0.1) is 0 Å². The maximum absolute atomic E-state index is 2.47. The summed E-state index contributed by atoms with van der Waals surface area (Å²) < 4.78 is 14.6. The Balaban J connectivity index is 0.000000134. The Bertz CT molecular complexity index is 8740. The van der Waals surface area contributed by atoms with Crippen molar-refractivity contribution in [3.8, 4) is 78.6 Å². The number of rotatable bonds is 10. The highest BCUT2D eigenvalue weighted by atomic mass is 15.0. The van der Waals surface area contributed by atoms with E-state index < -0.39 is 0 Å². The second-order valence-electron chi connectivity index (χ2n) is 32.3. The van der Waals surface area contributed by atoms with Crippen LogP contribution in [0.15, 0.2) is 449 Å². The first-order valence-corrected chi connectivity index (χ1v) is 42.0. The van der Waals surface area contributed by atoms with Crippen molar-refractivity contribution in [1.29, 1.82) is 0 Å². The molecule has 0 N–H and O–H groups in total. The van der Waals surface area contributed by atoms with Crippen molar-refractivity contribution < 1.29 is 0 Å². The molecule has 122 heavy (non-hydrogen) atoms. The number of para-hydroxylation sites is 6. The minimum atomic E-state index is 1.14. The van der Waals surface area contributed by atoms with E-state index in [4.69, 9.17) is 0 Å². The average Bonchev–Trinajstić information content (AvgIpc) is 1.56. The second kappa shape index (κ2) is 27.7. The van der Waals surface area contributed by atoms with Crippen LogP contribution in [0.5, 0.6) is 0 Å². The van der Waals surface area contributed by atoms with Gasteiger partial charge >= 0.3 is 0 Å². The van der Waals surface area contributed by atoms with Crippen molar-refractivity contribution in [1.82, 2.24) is 27.4 Å². The number of nitrogens with zero attached hydrogens (tertiary/aromatic N) is 6. The lowest BCUT2D eigenvalue weighted by Gasteiger charge is -2.12. The van der Waals surface area contributed by atoms with E-state index in [1.54, 1.807) is 0 Å². The van der Waals surface area contributed by atoms with E-state index in [-0.39, 0.29) is 0 Å². The van der Waals surface area contributed by atoms with Gasteiger partial charge in [-0.3, -0.25) is 0 Å². The zero-order valence-corrected chi connectivity index (χ0v) is 66.4. The molecular formula is C116H74N6. The summed E-state index contributed by atoms with van der Waals surface area (Å²) in [7, 11) is 0. The Morgan fingerprint density at radius 2 is 0.336 bits per heavy atom. The Kier molecular flexibility index (Phi) is 15.6. The molecule has 0 unspecified atom stereocenters. The molecule has 6 heterocycles. The Morgan fingerprint density at radius 1 is 0.0984 bits per heavy atom. The largest absolute Gasteiger partial charge is 0.309 e. The predicted molar refractivity (Wildman–Crippen MR) is 516 cm³/mol. The van der Waals surface area contributed by atoms with E-state index in [0.29, 0.717) is 0 Å². The van der Waals surface area contributed by atoms with Crippen LogP contribution in [-0.4, -0.2) is 27.4 Å². The van der Waals surface area contributed by atoms with Crippen molar-refractivity contribution in [2.45, 2.75) is 0 Å². The summed E-state index contributed by atoms with van der Waals surface area (Å²) in [5.74, 6) is 0. The third-order valence-corrected chi connectivity index (χ3v) is 25.6. The molecule has 0 saturated heterocycles. The van der Waals surface area contributed by atoms with Crippen LogP contribution in [-0.2, 0) is 0 Å². The molecular weight excluding hydrogens is 1480 g/mol. The van der Waals surface area contributed by atoms with Crippen molar-refractivity contribution in [3.05, 3.63) is 449 Å². The molecule has 26 aromatic rings. The average molecular weight is 1550 g/mol. The minimum Gasteiger partial charge on any atom is -0.309 e. The molecule has 0 spiro atoms. The SMILES string of the molecule is c1ccc(-c2cccc(-n3c4ccc(-c5ccc6c(c5)c5ccccc5n6-c5ccc6ccccc6c5)cc4c4cc5c(cc43)c3ccccc3n5-c3ccccc3)c2)cc1.c1ccc(-c2cccc(-n3c4ccc(-c5ccc6c(c5)c5ccccc5n6-c5ccc6ccccc6c5)cc4c4cc5c6ccccc6n(-c6ccccc6)c5cc43)c2)cc1. The van der Waals surface area contributed by atoms with Crippen LogP contribution >= 0.6 is 0 Å². The zero-order chi connectivity index (χ0) is 80.0. The van der Waals surface area contributed by atoms with Crippen molar-refractivity contribution in [3.63, 3.8) is 0 Å². The van der Waals surface area contributed by atoms with E-state index >= 15 is 0 Å². The molecule has 0 aliphatic rings. The van der Waals surface area contributed by atoms with Gasteiger partial charge in [0.1, 0.15) is 0 Å². The maximum Gasteiger partial charge on any atom is 0.0562 e. The standard InChI is InChI=1S/2C58H37N3/c1-3-14-38(15-4-1)41-18-13-21-45(32-41)61-56-31-28-43(35-50(56)52-37-57-51(36-58(52)61)48-23-10-11-24-53(48)59(57)44-19-5-2-6-20-44)42-27-30-55-49(34-42)47-22-9-12-25-54(47)60(55)46-29-26-39-16-7-8-17-40(39)33-46;1-3-14-38(15-4-1)41-18-13-21-45(32-41)61-56-31-28-43(35-50(56)52-36-51-48-23-10-11-24-53(48)59(57(51)37-58(52)61)44-19-5-2-6-20-44)42-27-30-55-49(34-42)47-22-9-12-25-54(47)60(55)46-29-26-39-16-7-8-17-40(39)33-46/h2*1-37H.